The smallest absolute Gasteiger partial charge is 0.161 e. The number of hydrogen-bond donors (Lipinski definition) is 3. The first-order chi connectivity index (χ1) is 7.81. The lowest BCUT2D eigenvalue weighted by Gasteiger charge is -2.25. The molecule has 0 aliphatic carbocycles. The number of aromatic hydroxyl groups is 1. The minimum Gasteiger partial charge on any atom is -0.504 e. The molecule has 1 heterocycles. The zero-order valence-corrected chi connectivity index (χ0v) is 10.7. The number of ether oxygens (including phenoxy) is 1. The Hall–Kier alpha value is -0.970. The molecule has 0 amide bonds. The summed E-state index contributed by atoms with van der Waals surface area (Å²) in [5, 5.41) is 16.4. The highest BCUT2D eigenvalue weighted by molar-refractivity contribution is 5.85. The molecule has 0 unspecified atom stereocenters. The van der Waals surface area contributed by atoms with Crippen LogP contribution < -0.4 is 15.4 Å². The molecule has 1 aromatic carbocycles. The Balaban J connectivity index is 0.00000144. The van der Waals surface area contributed by atoms with Gasteiger partial charge in [-0.05, 0) is 24.6 Å². The monoisotopic (exact) mass is 258 g/mol. The van der Waals surface area contributed by atoms with Crippen LogP contribution in [0.4, 0.5) is 0 Å². The van der Waals surface area contributed by atoms with Crippen molar-refractivity contribution in [3.8, 4) is 11.5 Å². The van der Waals surface area contributed by atoms with Crippen molar-refractivity contribution in [1.82, 2.24) is 10.6 Å². The van der Waals surface area contributed by atoms with Gasteiger partial charge in [0.25, 0.3) is 0 Å². The standard InChI is InChI=1S/C12H18N2O2.ClH/c1-2-16-12-7-9(3-4-11(12)15)10-8-13-5-6-14-10;/h3-4,7,10,13-15H,2,5-6,8H2,1H3;1H/t10-;/m0./s1. The SMILES string of the molecule is CCOc1cc([C@@H]2CNCCN2)ccc1O.Cl. The molecule has 4 nitrogen and oxygen atoms in total. The highest BCUT2D eigenvalue weighted by Crippen LogP contribution is 2.29. The minimum absolute atomic E-state index is 0. The summed E-state index contributed by atoms with van der Waals surface area (Å²) in [6.07, 6.45) is 0. The Morgan fingerprint density at radius 3 is 2.88 bits per heavy atom. The van der Waals surface area contributed by atoms with Gasteiger partial charge in [0.2, 0.25) is 0 Å². The molecule has 0 bridgehead atoms. The zero-order valence-electron chi connectivity index (χ0n) is 9.90. The molecule has 1 aromatic rings. The van der Waals surface area contributed by atoms with E-state index < -0.39 is 0 Å². The lowest BCUT2D eigenvalue weighted by Crippen LogP contribution is -2.42. The molecule has 96 valence electrons. The number of piperazine rings is 1. The van der Waals surface area contributed by atoms with Crippen LogP contribution in [0.3, 0.4) is 0 Å². The van der Waals surface area contributed by atoms with E-state index in [4.69, 9.17) is 4.74 Å². The molecule has 5 heteroatoms. The molecule has 1 aliphatic rings. The lowest BCUT2D eigenvalue weighted by atomic mass is 10.0. The molecular formula is C12H19ClN2O2. The second kappa shape index (κ2) is 6.69. The Labute approximate surface area is 108 Å². The van der Waals surface area contributed by atoms with Crippen LogP contribution in [-0.2, 0) is 0 Å². The summed E-state index contributed by atoms with van der Waals surface area (Å²) >= 11 is 0. The Morgan fingerprint density at radius 2 is 2.24 bits per heavy atom. The fourth-order valence-electron chi connectivity index (χ4n) is 1.91. The second-order valence-corrected chi connectivity index (χ2v) is 3.87. The predicted molar refractivity (Wildman–Crippen MR) is 70.1 cm³/mol. The van der Waals surface area contributed by atoms with E-state index in [0.717, 1.165) is 25.2 Å². The number of benzene rings is 1. The number of halogens is 1. The van der Waals surface area contributed by atoms with Gasteiger partial charge in [0.1, 0.15) is 0 Å². The third-order valence-electron chi connectivity index (χ3n) is 2.73. The Kier molecular flexibility index (Phi) is 5.55. The highest BCUT2D eigenvalue weighted by Gasteiger charge is 2.15. The maximum Gasteiger partial charge on any atom is 0.161 e. The summed E-state index contributed by atoms with van der Waals surface area (Å²) in [6, 6.07) is 5.83. The van der Waals surface area contributed by atoms with Gasteiger partial charge < -0.3 is 20.5 Å². The third kappa shape index (κ3) is 3.49. The van der Waals surface area contributed by atoms with Gasteiger partial charge in [-0.15, -0.1) is 12.4 Å². The molecule has 1 saturated heterocycles. The molecule has 0 radical (unpaired) electrons. The Bertz CT molecular complexity index is 354. The van der Waals surface area contributed by atoms with Gasteiger partial charge in [0, 0.05) is 25.7 Å². The van der Waals surface area contributed by atoms with Crippen LogP contribution in [0, 0.1) is 0 Å². The average molecular weight is 259 g/mol. The van der Waals surface area contributed by atoms with Crippen LogP contribution >= 0.6 is 12.4 Å². The summed E-state index contributed by atoms with van der Waals surface area (Å²) in [5.74, 6) is 0.766. The van der Waals surface area contributed by atoms with Gasteiger partial charge in [-0.1, -0.05) is 6.07 Å². The molecule has 17 heavy (non-hydrogen) atoms. The van der Waals surface area contributed by atoms with Gasteiger partial charge in [-0.2, -0.15) is 0 Å². The maximum absolute atomic E-state index is 9.60. The van der Waals surface area contributed by atoms with Crippen LogP contribution in [0.5, 0.6) is 11.5 Å². The number of hydrogen-bond acceptors (Lipinski definition) is 4. The number of phenols is 1. The van der Waals surface area contributed by atoms with E-state index in [1.807, 2.05) is 19.1 Å². The van der Waals surface area contributed by atoms with Gasteiger partial charge in [-0.25, -0.2) is 0 Å². The van der Waals surface area contributed by atoms with E-state index in [0.29, 0.717) is 18.4 Å². The fourth-order valence-corrected chi connectivity index (χ4v) is 1.91. The highest BCUT2D eigenvalue weighted by atomic mass is 35.5. The van der Waals surface area contributed by atoms with Crippen molar-refractivity contribution >= 4 is 12.4 Å². The molecule has 0 spiro atoms. The van der Waals surface area contributed by atoms with Crippen molar-refractivity contribution < 1.29 is 9.84 Å². The largest absolute Gasteiger partial charge is 0.504 e. The van der Waals surface area contributed by atoms with E-state index in [2.05, 4.69) is 10.6 Å². The number of rotatable bonds is 3. The maximum atomic E-state index is 9.60. The molecule has 0 saturated carbocycles. The van der Waals surface area contributed by atoms with Crippen molar-refractivity contribution in [3.63, 3.8) is 0 Å². The molecule has 1 aliphatic heterocycles. The topological polar surface area (TPSA) is 53.5 Å². The lowest BCUT2D eigenvalue weighted by molar-refractivity contribution is 0.316. The molecule has 1 fully saturated rings. The zero-order chi connectivity index (χ0) is 11.4. The van der Waals surface area contributed by atoms with Gasteiger partial charge in [0.15, 0.2) is 11.5 Å². The van der Waals surface area contributed by atoms with Crippen molar-refractivity contribution in [2.45, 2.75) is 13.0 Å². The van der Waals surface area contributed by atoms with Crippen molar-refractivity contribution in [1.29, 1.82) is 0 Å². The molecule has 1 atom stereocenters. The van der Waals surface area contributed by atoms with Gasteiger partial charge >= 0.3 is 0 Å². The van der Waals surface area contributed by atoms with Gasteiger partial charge in [0.05, 0.1) is 6.61 Å². The summed E-state index contributed by atoms with van der Waals surface area (Å²) in [7, 11) is 0. The average Bonchev–Trinajstić information content (AvgIpc) is 2.33. The molecule has 3 N–H and O–H groups in total. The van der Waals surface area contributed by atoms with E-state index in [1.54, 1.807) is 6.07 Å². The van der Waals surface area contributed by atoms with E-state index >= 15 is 0 Å². The summed E-state index contributed by atoms with van der Waals surface area (Å²) in [5.41, 5.74) is 1.15. The molecular weight excluding hydrogens is 240 g/mol. The van der Waals surface area contributed by atoms with Gasteiger partial charge in [-0.3, -0.25) is 0 Å². The van der Waals surface area contributed by atoms with Crippen LogP contribution in [0.15, 0.2) is 18.2 Å². The normalized spacial score (nSPS) is 19.5. The van der Waals surface area contributed by atoms with E-state index in [1.165, 1.54) is 0 Å². The Morgan fingerprint density at radius 1 is 1.41 bits per heavy atom. The third-order valence-corrected chi connectivity index (χ3v) is 2.73. The first-order valence-corrected chi connectivity index (χ1v) is 5.71. The first kappa shape index (κ1) is 14.1. The predicted octanol–water partition coefficient (Wildman–Crippen LogP) is 1.45. The quantitative estimate of drug-likeness (QED) is 0.768. The van der Waals surface area contributed by atoms with Crippen LogP contribution in [0.2, 0.25) is 0 Å². The fraction of sp³-hybridized carbons (Fsp3) is 0.500. The van der Waals surface area contributed by atoms with Crippen molar-refractivity contribution in [2.24, 2.45) is 0 Å². The minimum atomic E-state index is 0. The summed E-state index contributed by atoms with van der Waals surface area (Å²) in [4.78, 5) is 0. The van der Waals surface area contributed by atoms with Crippen molar-refractivity contribution in [2.75, 3.05) is 26.2 Å². The number of phenolic OH excluding ortho intramolecular Hbond substituents is 1. The van der Waals surface area contributed by atoms with E-state index in [-0.39, 0.29) is 18.2 Å². The van der Waals surface area contributed by atoms with E-state index in [9.17, 15) is 5.11 Å². The molecule has 0 aromatic heterocycles. The second-order valence-electron chi connectivity index (χ2n) is 3.87. The van der Waals surface area contributed by atoms with Crippen LogP contribution in [0.1, 0.15) is 18.5 Å². The molecule has 2 rings (SSSR count). The van der Waals surface area contributed by atoms with Crippen LogP contribution in [-0.4, -0.2) is 31.3 Å². The number of nitrogens with one attached hydrogen (secondary N) is 2. The summed E-state index contributed by atoms with van der Waals surface area (Å²) < 4.78 is 5.37. The van der Waals surface area contributed by atoms with Crippen molar-refractivity contribution in [3.05, 3.63) is 23.8 Å². The first-order valence-electron chi connectivity index (χ1n) is 5.71. The summed E-state index contributed by atoms with van der Waals surface area (Å²) in [6.45, 7) is 5.36. The van der Waals surface area contributed by atoms with Crippen LogP contribution in [0.25, 0.3) is 0 Å².